The first-order valence-electron chi connectivity index (χ1n) is 4.14. The molecule has 0 saturated carbocycles. The molecule has 0 aromatic heterocycles. The number of thioether (sulfide) groups is 1. The second-order valence-electron chi connectivity index (χ2n) is 4.10. The maximum atomic E-state index is 11.0. The van der Waals surface area contributed by atoms with Crippen LogP contribution in [0.5, 0.6) is 0 Å². The van der Waals surface area contributed by atoms with Crippen LogP contribution in [0.3, 0.4) is 0 Å². The molecule has 0 saturated heterocycles. The topological polar surface area (TPSA) is 46.3 Å². The zero-order chi connectivity index (χ0) is 10.2. The van der Waals surface area contributed by atoms with Crippen LogP contribution in [0.2, 0.25) is 0 Å². The molecule has 13 heavy (non-hydrogen) atoms. The number of nitrogens with two attached hydrogens (primary N) is 1. The summed E-state index contributed by atoms with van der Waals surface area (Å²) in [4.78, 5) is 13.6. The normalized spacial score (nSPS) is 18.3. The number of allylic oxidation sites excluding steroid dienone is 2. The van der Waals surface area contributed by atoms with Crippen LogP contribution in [0.1, 0.15) is 27.7 Å². The minimum Gasteiger partial charge on any atom is -0.351 e. The fourth-order valence-corrected chi connectivity index (χ4v) is 2.41. The lowest BCUT2D eigenvalue weighted by Gasteiger charge is -2.20. The third kappa shape index (κ3) is 1.99. The Hall–Kier alpha value is -0.640. The molecule has 0 bridgehead atoms. The first kappa shape index (κ1) is 10.4. The second kappa shape index (κ2) is 3.25. The molecule has 1 radical (unpaired) electrons. The van der Waals surface area contributed by atoms with Crippen LogP contribution in [0, 0.1) is 11.3 Å². The molecular formula is C9H15N2OS. The Balaban J connectivity index is 2.95. The van der Waals surface area contributed by atoms with Crippen molar-refractivity contribution in [1.29, 1.82) is 0 Å². The number of primary amides is 1. The van der Waals surface area contributed by atoms with Crippen LogP contribution in [0.4, 0.5) is 4.79 Å². The highest BCUT2D eigenvalue weighted by molar-refractivity contribution is 8.05. The Morgan fingerprint density at radius 1 is 1.54 bits per heavy atom. The summed E-state index contributed by atoms with van der Waals surface area (Å²) in [7, 11) is 0. The van der Waals surface area contributed by atoms with E-state index in [9.17, 15) is 4.79 Å². The minimum atomic E-state index is -0.413. The maximum absolute atomic E-state index is 11.0. The molecule has 3 nitrogen and oxygen atoms in total. The molecule has 1 heterocycles. The van der Waals surface area contributed by atoms with Crippen molar-refractivity contribution in [3.63, 3.8) is 0 Å². The van der Waals surface area contributed by atoms with Crippen molar-refractivity contribution in [2.24, 2.45) is 11.1 Å². The van der Waals surface area contributed by atoms with Gasteiger partial charge in [0.15, 0.2) is 0 Å². The van der Waals surface area contributed by atoms with Crippen LogP contribution < -0.4 is 5.73 Å². The predicted molar refractivity (Wildman–Crippen MR) is 55.5 cm³/mol. The molecule has 1 aliphatic heterocycles. The van der Waals surface area contributed by atoms with Gasteiger partial charge in [-0.05, 0) is 12.3 Å². The van der Waals surface area contributed by atoms with Crippen LogP contribution in [-0.4, -0.2) is 10.9 Å². The Kier molecular flexibility index (Phi) is 2.61. The maximum Gasteiger partial charge on any atom is 0.320 e. The van der Waals surface area contributed by atoms with Crippen molar-refractivity contribution in [2.75, 3.05) is 0 Å². The van der Waals surface area contributed by atoms with E-state index in [1.165, 1.54) is 9.81 Å². The van der Waals surface area contributed by atoms with E-state index in [4.69, 9.17) is 5.73 Å². The lowest BCUT2D eigenvalue weighted by molar-refractivity contribution is 0.231. The first-order chi connectivity index (χ1) is 5.84. The molecule has 0 spiro atoms. The molecule has 0 aromatic rings. The second-order valence-corrected chi connectivity index (χ2v) is 4.95. The summed E-state index contributed by atoms with van der Waals surface area (Å²) in [6, 6.07) is -0.413. The van der Waals surface area contributed by atoms with Gasteiger partial charge in [-0.1, -0.05) is 32.5 Å². The lowest BCUT2D eigenvalue weighted by atomic mass is 9.95. The van der Waals surface area contributed by atoms with Crippen molar-refractivity contribution in [1.82, 2.24) is 4.90 Å². The molecule has 2 amide bonds. The molecule has 0 fully saturated rings. The fraction of sp³-hybridized carbons (Fsp3) is 0.556. The van der Waals surface area contributed by atoms with Crippen LogP contribution >= 0.6 is 11.8 Å². The zero-order valence-electron chi connectivity index (χ0n) is 8.42. The molecule has 0 atom stereocenters. The highest BCUT2D eigenvalue weighted by atomic mass is 32.2. The van der Waals surface area contributed by atoms with Gasteiger partial charge in [0.25, 0.3) is 0 Å². The summed E-state index contributed by atoms with van der Waals surface area (Å²) in [6.07, 6.45) is 0. The Morgan fingerprint density at radius 2 is 2.08 bits per heavy atom. The highest BCUT2D eigenvalue weighted by Crippen LogP contribution is 2.45. The van der Waals surface area contributed by atoms with Crippen molar-refractivity contribution in [2.45, 2.75) is 27.7 Å². The van der Waals surface area contributed by atoms with E-state index in [0.717, 1.165) is 5.70 Å². The average Bonchev–Trinajstić information content (AvgIpc) is 2.28. The van der Waals surface area contributed by atoms with E-state index >= 15 is 0 Å². The Bertz CT molecular complexity index is 265. The monoisotopic (exact) mass is 199 g/mol. The standard InChI is InChI=1S/C9H15N2OS/c1-6-7(9(2,3)4)13-5-11(6)8(10)12/h5H,1-4H3,(H2,10,12). The lowest BCUT2D eigenvalue weighted by Crippen LogP contribution is -2.29. The van der Waals surface area contributed by atoms with Gasteiger partial charge in [0, 0.05) is 10.6 Å². The molecule has 1 rings (SSSR count). The van der Waals surface area contributed by atoms with E-state index < -0.39 is 6.03 Å². The number of carbonyl (C=O) groups excluding carboxylic acids is 1. The molecule has 2 N–H and O–H groups in total. The van der Waals surface area contributed by atoms with Gasteiger partial charge >= 0.3 is 6.03 Å². The van der Waals surface area contributed by atoms with Crippen molar-refractivity contribution < 1.29 is 4.79 Å². The van der Waals surface area contributed by atoms with Crippen LogP contribution in [-0.2, 0) is 0 Å². The van der Waals surface area contributed by atoms with E-state index in [2.05, 4.69) is 20.8 Å². The average molecular weight is 199 g/mol. The number of amides is 2. The van der Waals surface area contributed by atoms with Gasteiger partial charge in [-0.3, -0.25) is 4.90 Å². The van der Waals surface area contributed by atoms with E-state index in [0.29, 0.717) is 0 Å². The van der Waals surface area contributed by atoms with Gasteiger partial charge in [-0.15, -0.1) is 0 Å². The molecule has 0 unspecified atom stereocenters. The third-order valence-electron chi connectivity index (χ3n) is 1.88. The Labute approximate surface area is 83.3 Å². The van der Waals surface area contributed by atoms with Gasteiger partial charge in [0.1, 0.15) is 5.88 Å². The number of nitrogens with zero attached hydrogens (tertiary/aromatic N) is 1. The SMILES string of the molecule is CC1=C(C(C)(C)C)S[CH]N1C(N)=O. The minimum absolute atomic E-state index is 0.0788. The summed E-state index contributed by atoms with van der Waals surface area (Å²) in [5.41, 5.74) is 6.23. The van der Waals surface area contributed by atoms with Gasteiger partial charge in [0.05, 0.1) is 0 Å². The predicted octanol–water partition coefficient (Wildman–Crippen LogP) is 2.51. The zero-order valence-corrected chi connectivity index (χ0v) is 9.23. The fourth-order valence-electron chi connectivity index (χ4n) is 1.32. The smallest absolute Gasteiger partial charge is 0.320 e. The summed E-state index contributed by atoms with van der Waals surface area (Å²) < 4.78 is 0. The van der Waals surface area contributed by atoms with Crippen molar-refractivity contribution in [3.05, 3.63) is 16.5 Å². The number of carbonyl (C=O) groups is 1. The van der Waals surface area contributed by atoms with Gasteiger partial charge in [-0.2, -0.15) is 0 Å². The van der Waals surface area contributed by atoms with Gasteiger partial charge < -0.3 is 5.73 Å². The van der Waals surface area contributed by atoms with Crippen molar-refractivity contribution >= 4 is 17.8 Å². The molecule has 0 aromatic carbocycles. The number of hydrogen-bond acceptors (Lipinski definition) is 2. The summed E-state index contributed by atoms with van der Waals surface area (Å²) in [5.74, 6) is 1.76. The van der Waals surface area contributed by atoms with E-state index in [1.54, 1.807) is 17.6 Å². The number of urea groups is 1. The largest absolute Gasteiger partial charge is 0.351 e. The van der Waals surface area contributed by atoms with Gasteiger partial charge in [0.2, 0.25) is 0 Å². The summed E-state index contributed by atoms with van der Waals surface area (Å²) in [6.45, 7) is 8.29. The van der Waals surface area contributed by atoms with Crippen molar-refractivity contribution in [3.8, 4) is 0 Å². The molecular weight excluding hydrogens is 184 g/mol. The highest BCUT2D eigenvalue weighted by Gasteiger charge is 2.30. The third-order valence-corrected chi connectivity index (χ3v) is 3.34. The van der Waals surface area contributed by atoms with Crippen LogP contribution in [0.25, 0.3) is 0 Å². The summed E-state index contributed by atoms with van der Waals surface area (Å²) >= 11 is 1.57. The summed E-state index contributed by atoms with van der Waals surface area (Å²) in [5, 5.41) is 0. The molecule has 73 valence electrons. The van der Waals surface area contributed by atoms with E-state index in [1.807, 2.05) is 6.92 Å². The molecule has 4 heteroatoms. The number of hydrogen-bond donors (Lipinski definition) is 1. The molecule has 0 aliphatic carbocycles. The Morgan fingerprint density at radius 3 is 2.31 bits per heavy atom. The number of rotatable bonds is 0. The quantitative estimate of drug-likeness (QED) is 0.651. The van der Waals surface area contributed by atoms with Crippen LogP contribution in [0.15, 0.2) is 10.6 Å². The molecule has 1 aliphatic rings. The van der Waals surface area contributed by atoms with Gasteiger partial charge in [-0.25, -0.2) is 4.79 Å². The first-order valence-corrected chi connectivity index (χ1v) is 5.02. The van der Waals surface area contributed by atoms with E-state index in [-0.39, 0.29) is 5.41 Å².